The van der Waals surface area contributed by atoms with E-state index in [0.717, 1.165) is 17.7 Å². The van der Waals surface area contributed by atoms with E-state index in [-0.39, 0.29) is 29.5 Å². The van der Waals surface area contributed by atoms with Gasteiger partial charge in [-0.2, -0.15) is 0 Å². The molecule has 2 aromatic carbocycles. The minimum Gasteiger partial charge on any atom is -0.510 e. The Morgan fingerprint density at radius 2 is 1.87 bits per heavy atom. The molecule has 4 N–H and O–H groups in total. The molecule has 0 bridgehead atoms. The monoisotopic (exact) mass is 424 g/mol. The van der Waals surface area contributed by atoms with Gasteiger partial charge in [0.25, 0.3) is 0 Å². The number of esters is 1. The largest absolute Gasteiger partial charge is 0.510 e. The van der Waals surface area contributed by atoms with Crippen LogP contribution in [-0.2, 0) is 16.0 Å². The zero-order valence-electron chi connectivity index (χ0n) is 18.5. The van der Waals surface area contributed by atoms with Crippen LogP contribution in [0.4, 0.5) is 11.4 Å². The second-order valence-corrected chi connectivity index (χ2v) is 8.49. The van der Waals surface area contributed by atoms with Crippen LogP contribution in [0.2, 0.25) is 0 Å². The lowest BCUT2D eigenvalue weighted by molar-refractivity contribution is -0.166. The number of anilines is 2. The third kappa shape index (κ3) is 4.95. The Morgan fingerprint density at radius 1 is 1.16 bits per heavy atom. The molecule has 2 aromatic rings. The van der Waals surface area contributed by atoms with Crippen LogP contribution in [0.15, 0.2) is 60.0 Å². The van der Waals surface area contributed by atoms with E-state index in [0.29, 0.717) is 25.1 Å². The number of cyclic esters (lactones) is 1. The third-order valence-corrected chi connectivity index (χ3v) is 5.95. The summed E-state index contributed by atoms with van der Waals surface area (Å²) < 4.78 is 6.06. The van der Waals surface area contributed by atoms with E-state index in [4.69, 9.17) is 10.5 Å². The molecule has 0 fully saturated rings. The predicted octanol–water partition coefficient (Wildman–Crippen LogP) is 4.93. The van der Waals surface area contributed by atoms with Crippen LogP contribution in [0.3, 0.4) is 0 Å². The zero-order chi connectivity index (χ0) is 22.6. The number of aliphatic hydroxyl groups is 1. The van der Waals surface area contributed by atoms with Crippen LogP contribution in [0.5, 0.6) is 5.75 Å². The van der Waals surface area contributed by atoms with Crippen molar-refractivity contribution in [1.29, 1.82) is 0 Å². The van der Waals surface area contributed by atoms with E-state index in [2.05, 4.69) is 0 Å². The van der Waals surface area contributed by atoms with Gasteiger partial charge >= 0.3 is 5.97 Å². The lowest BCUT2D eigenvalue weighted by Gasteiger charge is -2.42. The number of carbonyl (C=O) groups is 1. The van der Waals surface area contributed by atoms with Gasteiger partial charge in [-0.3, -0.25) is 0 Å². The molecule has 0 aliphatic carbocycles. The number of nitrogens with two attached hydrogens (primary N) is 1. The number of phenolic OH excluding ortho intramolecular Hbond substituents is 1. The van der Waals surface area contributed by atoms with Crippen molar-refractivity contribution < 1.29 is 19.7 Å². The highest BCUT2D eigenvalue weighted by Crippen LogP contribution is 2.40. The predicted molar refractivity (Wildman–Crippen MR) is 123 cm³/mol. The molecular formula is C25H32N2O4. The summed E-state index contributed by atoms with van der Waals surface area (Å²) in [4.78, 5) is 15.0. The average Bonchev–Trinajstić information content (AvgIpc) is 2.72. The van der Waals surface area contributed by atoms with Crippen molar-refractivity contribution in [2.24, 2.45) is 5.92 Å². The fourth-order valence-electron chi connectivity index (χ4n) is 4.07. The Hall–Kier alpha value is -3.15. The Balaban J connectivity index is 1.90. The normalized spacial score (nSPS) is 18.9. The van der Waals surface area contributed by atoms with E-state index < -0.39 is 11.6 Å². The van der Waals surface area contributed by atoms with Gasteiger partial charge in [0.15, 0.2) is 5.70 Å². The number of ether oxygens (including phenoxy) is 1. The van der Waals surface area contributed by atoms with E-state index in [1.165, 1.54) is 0 Å². The maximum atomic E-state index is 13.2. The third-order valence-electron chi connectivity index (χ3n) is 5.95. The van der Waals surface area contributed by atoms with E-state index in [1.807, 2.05) is 45.0 Å². The molecule has 166 valence electrons. The van der Waals surface area contributed by atoms with Crippen molar-refractivity contribution in [3.8, 4) is 5.75 Å². The van der Waals surface area contributed by atoms with E-state index in [1.54, 1.807) is 29.2 Å². The Bertz CT molecular complexity index is 952. The van der Waals surface area contributed by atoms with Crippen LogP contribution in [0, 0.1) is 5.92 Å². The number of nitrogens with zero attached hydrogens (tertiary/aromatic N) is 1. The number of rotatable bonds is 8. The first-order valence-corrected chi connectivity index (χ1v) is 10.8. The van der Waals surface area contributed by atoms with Gasteiger partial charge in [0.2, 0.25) is 0 Å². The Kier molecular flexibility index (Phi) is 6.78. The van der Waals surface area contributed by atoms with Crippen molar-refractivity contribution in [1.82, 2.24) is 0 Å². The minimum absolute atomic E-state index is 0.0178. The molecule has 1 unspecified atom stereocenters. The second-order valence-electron chi connectivity index (χ2n) is 8.49. The number of nitrogen functional groups attached to an aromatic ring is 1. The summed E-state index contributed by atoms with van der Waals surface area (Å²) >= 11 is 0. The zero-order valence-corrected chi connectivity index (χ0v) is 18.5. The Labute approximate surface area is 184 Å². The van der Waals surface area contributed by atoms with Crippen LogP contribution in [0.25, 0.3) is 0 Å². The van der Waals surface area contributed by atoms with Crippen molar-refractivity contribution in [3.05, 3.63) is 65.6 Å². The van der Waals surface area contributed by atoms with Gasteiger partial charge in [-0.05, 0) is 61.1 Å². The molecule has 0 amide bonds. The highest BCUT2D eigenvalue weighted by molar-refractivity contribution is 5.94. The molecule has 1 aliphatic rings. The van der Waals surface area contributed by atoms with Gasteiger partial charge in [-0.1, -0.05) is 39.0 Å². The minimum atomic E-state index is -0.795. The molecule has 0 aromatic heterocycles. The maximum absolute atomic E-state index is 13.2. The van der Waals surface area contributed by atoms with E-state index >= 15 is 0 Å². The van der Waals surface area contributed by atoms with Crippen LogP contribution in [0.1, 0.15) is 45.6 Å². The summed E-state index contributed by atoms with van der Waals surface area (Å²) in [6.45, 7) is 6.58. The fraction of sp³-hybridized carbons (Fsp3) is 0.400. The number of aliphatic hydroxyl groups excluding tert-OH is 1. The fourth-order valence-corrected chi connectivity index (χ4v) is 4.07. The van der Waals surface area contributed by atoms with Crippen molar-refractivity contribution >= 4 is 17.3 Å². The van der Waals surface area contributed by atoms with Gasteiger partial charge in [0.1, 0.15) is 17.1 Å². The molecule has 0 spiro atoms. The SMILES string of the molecule is CCCN(C1=C(O)CC(CCc2ccc(O)cc2)(C(C)C)OC1=O)c1cccc(N)c1. The van der Waals surface area contributed by atoms with Gasteiger partial charge in [-0.25, -0.2) is 4.79 Å². The standard InChI is InChI=1S/C25H32N2O4/c1-4-14-27(20-7-5-6-19(26)15-20)23-22(29)16-25(17(2)3,31-24(23)30)13-12-18-8-10-21(28)11-9-18/h5-11,15,17,28-29H,4,12-14,16,26H2,1-3H3. The number of benzene rings is 2. The summed E-state index contributed by atoms with van der Waals surface area (Å²) in [5.41, 5.74) is 7.71. The summed E-state index contributed by atoms with van der Waals surface area (Å²) in [7, 11) is 0. The first kappa shape index (κ1) is 22.5. The van der Waals surface area contributed by atoms with Crippen LogP contribution < -0.4 is 10.6 Å². The molecular weight excluding hydrogens is 392 g/mol. The summed E-state index contributed by atoms with van der Waals surface area (Å²) in [6, 6.07) is 14.3. The number of hydrogen-bond acceptors (Lipinski definition) is 6. The first-order valence-electron chi connectivity index (χ1n) is 10.8. The molecule has 0 radical (unpaired) electrons. The van der Waals surface area contributed by atoms with Crippen LogP contribution in [-0.4, -0.2) is 28.3 Å². The Morgan fingerprint density at radius 3 is 2.45 bits per heavy atom. The summed E-state index contributed by atoms with van der Waals surface area (Å²) in [5.74, 6) is -0.232. The first-order chi connectivity index (χ1) is 14.8. The number of hydrogen-bond donors (Lipinski definition) is 3. The molecule has 6 nitrogen and oxygen atoms in total. The topological polar surface area (TPSA) is 96.0 Å². The summed E-state index contributed by atoms with van der Waals surface area (Å²) in [5, 5.41) is 20.6. The molecule has 31 heavy (non-hydrogen) atoms. The molecule has 0 saturated carbocycles. The van der Waals surface area contributed by atoms with Gasteiger partial charge in [0.05, 0.1) is 0 Å². The number of phenols is 1. The maximum Gasteiger partial charge on any atom is 0.359 e. The molecule has 1 atom stereocenters. The highest BCUT2D eigenvalue weighted by atomic mass is 16.6. The van der Waals surface area contributed by atoms with Crippen molar-refractivity contribution in [2.45, 2.75) is 52.1 Å². The number of carbonyl (C=O) groups excluding carboxylic acids is 1. The smallest absolute Gasteiger partial charge is 0.359 e. The van der Waals surface area contributed by atoms with Crippen molar-refractivity contribution in [2.75, 3.05) is 17.2 Å². The lowest BCUT2D eigenvalue weighted by atomic mass is 9.79. The van der Waals surface area contributed by atoms with E-state index in [9.17, 15) is 15.0 Å². The molecule has 3 rings (SSSR count). The highest BCUT2D eigenvalue weighted by Gasteiger charge is 2.45. The molecule has 1 aliphatic heterocycles. The second kappa shape index (κ2) is 9.33. The number of aryl methyl sites for hydroxylation is 1. The van der Waals surface area contributed by atoms with Gasteiger partial charge in [-0.15, -0.1) is 0 Å². The molecule has 0 saturated heterocycles. The molecule has 6 heteroatoms. The van der Waals surface area contributed by atoms with Crippen molar-refractivity contribution in [3.63, 3.8) is 0 Å². The molecule has 1 heterocycles. The number of aromatic hydroxyl groups is 1. The lowest BCUT2D eigenvalue weighted by Crippen LogP contribution is -2.47. The average molecular weight is 425 g/mol. The quantitative estimate of drug-likeness (QED) is 0.410. The summed E-state index contributed by atoms with van der Waals surface area (Å²) in [6.07, 6.45) is 2.29. The van der Waals surface area contributed by atoms with Crippen LogP contribution >= 0.6 is 0 Å². The van der Waals surface area contributed by atoms with Gasteiger partial charge < -0.3 is 25.6 Å². The van der Waals surface area contributed by atoms with Gasteiger partial charge in [0, 0.05) is 24.3 Å².